The van der Waals surface area contributed by atoms with E-state index < -0.39 is 51.2 Å². The molecule has 1 N–H and O–H groups in total. The molecule has 2 aromatic rings. The Morgan fingerprint density at radius 1 is 1.00 bits per heavy atom. The van der Waals surface area contributed by atoms with Gasteiger partial charge in [-0.05, 0) is 35.4 Å². The predicted octanol–water partition coefficient (Wildman–Crippen LogP) is 4.10. The zero-order valence-electron chi connectivity index (χ0n) is 19.0. The molecule has 3 rings (SSSR count). The highest BCUT2D eigenvalue weighted by Gasteiger charge is 2.73. The average molecular weight is 538 g/mol. The van der Waals surface area contributed by atoms with E-state index in [2.05, 4.69) is 10.1 Å². The van der Waals surface area contributed by atoms with Gasteiger partial charge in [-0.1, -0.05) is 18.2 Å². The topological polar surface area (TPSA) is 92.8 Å². The summed E-state index contributed by atoms with van der Waals surface area (Å²) >= 11 is 0. The van der Waals surface area contributed by atoms with E-state index in [-0.39, 0.29) is 17.1 Å². The van der Waals surface area contributed by atoms with Crippen molar-refractivity contribution in [2.24, 2.45) is 0 Å². The van der Waals surface area contributed by atoms with Crippen LogP contribution in [0, 0.1) is 0 Å². The normalized spacial score (nSPS) is 16.6. The molecule has 36 heavy (non-hydrogen) atoms. The van der Waals surface area contributed by atoms with Crippen LogP contribution >= 0.6 is 0 Å². The fourth-order valence-electron chi connectivity index (χ4n) is 4.07. The number of alkyl halides is 6. The van der Waals surface area contributed by atoms with Crippen LogP contribution in [0.15, 0.2) is 47.4 Å². The van der Waals surface area contributed by atoms with Crippen LogP contribution in [0.25, 0.3) is 0 Å². The number of halogens is 6. The summed E-state index contributed by atoms with van der Waals surface area (Å²) in [5.41, 5.74) is -5.21. The number of methoxy groups -OCH3 is 1. The second-order valence-electron chi connectivity index (χ2n) is 8.13. The lowest BCUT2D eigenvalue weighted by atomic mass is 9.91. The first-order valence-corrected chi connectivity index (χ1v) is 12.0. The van der Waals surface area contributed by atoms with E-state index in [1.165, 1.54) is 25.1 Å². The molecule has 0 saturated carbocycles. The van der Waals surface area contributed by atoms with Crippen LogP contribution in [-0.4, -0.2) is 50.9 Å². The number of carbonyl (C=O) groups excluding carboxylic acids is 2. The van der Waals surface area contributed by atoms with Gasteiger partial charge in [-0.25, -0.2) is 8.42 Å². The van der Waals surface area contributed by atoms with E-state index in [0.717, 1.165) is 23.3 Å². The fraction of sp³-hybridized carbons (Fsp3) is 0.364. The molecule has 1 unspecified atom stereocenters. The Morgan fingerprint density at radius 2 is 1.56 bits per heavy atom. The second kappa shape index (κ2) is 9.07. The van der Waals surface area contributed by atoms with Gasteiger partial charge in [0.25, 0.3) is 11.5 Å². The van der Waals surface area contributed by atoms with Crippen LogP contribution in [0.1, 0.15) is 29.7 Å². The minimum absolute atomic E-state index is 0.0163. The van der Waals surface area contributed by atoms with Crippen molar-refractivity contribution in [3.05, 3.63) is 59.2 Å². The van der Waals surface area contributed by atoms with E-state index in [0.29, 0.717) is 30.4 Å². The summed E-state index contributed by atoms with van der Waals surface area (Å²) in [7, 11) is -3.27. The van der Waals surface area contributed by atoms with E-state index in [1.54, 1.807) is 0 Å². The van der Waals surface area contributed by atoms with Crippen molar-refractivity contribution in [1.82, 2.24) is 4.90 Å². The molecular weight excluding hydrogens is 518 g/mol. The Labute approximate surface area is 201 Å². The predicted molar refractivity (Wildman–Crippen MR) is 114 cm³/mol. The van der Waals surface area contributed by atoms with E-state index in [4.69, 9.17) is 0 Å². The minimum atomic E-state index is -5.83. The molecule has 7 nitrogen and oxygen atoms in total. The molecular formula is C22H20F6N2O5S. The van der Waals surface area contributed by atoms with E-state index in [9.17, 15) is 44.3 Å². The molecule has 0 saturated heterocycles. The number of hydrogen-bond donors (Lipinski definition) is 1. The molecule has 2 amide bonds. The van der Waals surface area contributed by atoms with Crippen molar-refractivity contribution in [3.63, 3.8) is 0 Å². The summed E-state index contributed by atoms with van der Waals surface area (Å²) in [4.78, 5) is 26.3. The summed E-state index contributed by atoms with van der Waals surface area (Å²) in [6.45, 7) is 1.12. The van der Waals surface area contributed by atoms with Crippen molar-refractivity contribution >= 4 is 27.3 Å². The molecule has 2 aromatic carbocycles. The Kier molecular flexibility index (Phi) is 6.92. The van der Waals surface area contributed by atoms with E-state index >= 15 is 0 Å². The zero-order valence-corrected chi connectivity index (χ0v) is 19.8. The molecule has 1 atom stereocenters. The van der Waals surface area contributed by atoms with Crippen LogP contribution in [-0.2, 0) is 36.3 Å². The lowest BCUT2D eigenvalue weighted by molar-refractivity contribution is -0.383. The van der Waals surface area contributed by atoms with Gasteiger partial charge in [0.1, 0.15) is 6.04 Å². The number of anilines is 1. The maximum Gasteiger partial charge on any atom is 0.430 e. The monoisotopic (exact) mass is 538 g/mol. The Bertz CT molecular complexity index is 1280. The van der Waals surface area contributed by atoms with Crippen LogP contribution in [0.3, 0.4) is 0 Å². The largest absolute Gasteiger partial charge is 0.430 e. The number of carbonyl (C=O) groups is 2. The maximum atomic E-state index is 13.4. The van der Waals surface area contributed by atoms with Crippen LogP contribution in [0.2, 0.25) is 0 Å². The van der Waals surface area contributed by atoms with E-state index in [1.807, 2.05) is 0 Å². The molecule has 1 aliphatic rings. The van der Waals surface area contributed by atoms with Crippen molar-refractivity contribution in [1.29, 1.82) is 0 Å². The van der Waals surface area contributed by atoms with Gasteiger partial charge < -0.3 is 15.0 Å². The summed E-state index contributed by atoms with van der Waals surface area (Å²) in [5, 5.41) is 2.37. The van der Waals surface area contributed by atoms with Crippen LogP contribution < -0.4 is 5.32 Å². The Morgan fingerprint density at radius 3 is 2.00 bits per heavy atom. The molecule has 196 valence electrons. The Hall–Kier alpha value is -3.13. The van der Waals surface area contributed by atoms with Gasteiger partial charge in [-0.15, -0.1) is 0 Å². The zero-order chi connectivity index (χ0) is 27.3. The number of nitrogens with zero attached hydrogens (tertiary/aromatic N) is 1. The third kappa shape index (κ3) is 4.66. The SMILES string of the molecule is COC(c1ccc(NC(=O)C2c3ccc(S(C)(=O)=O)cc3CN2C(C)=O)cc1)(C(F)(F)F)C(F)(F)F. The van der Waals surface area contributed by atoms with Crippen molar-refractivity contribution in [2.75, 3.05) is 18.7 Å². The molecule has 0 aliphatic carbocycles. The van der Waals surface area contributed by atoms with Gasteiger partial charge in [0.2, 0.25) is 5.91 Å². The molecule has 0 spiro atoms. The van der Waals surface area contributed by atoms with Crippen molar-refractivity contribution < 1.29 is 49.1 Å². The second-order valence-corrected chi connectivity index (χ2v) is 10.1. The fourth-order valence-corrected chi connectivity index (χ4v) is 4.74. The number of nitrogens with one attached hydrogen (secondary N) is 1. The van der Waals surface area contributed by atoms with Gasteiger partial charge in [0.05, 0.1) is 4.90 Å². The van der Waals surface area contributed by atoms with Crippen molar-refractivity contribution in [2.45, 2.75) is 42.4 Å². The number of ether oxygens (including phenoxy) is 1. The molecule has 0 aromatic heterocycles. The van der Waals surface area contributed by atoms with Crippen molar-refractivity contribution in [3.8, 4) is 0 Å². The van der Waals surface area contributed by atoms with Crippen LogP contribution in [0.5, 0.6) is 0 Å². The average Bonchev–Trinajstić information content (AvgIpc) is 3.12. The number of benzene rings is 2. The van der Waals surface area contributed by atoms with Gasteiger partial charge in [0.15, 0.2) is 9.84 Å². The lowest BCUT2D eigenvalue weighted by Crippen LogP contribution is -2.55. The smallest absolute Gasteiger partial charge is 0.357 e. The first-order chi connectivity index (χ1) is 16.4. The van der Waals surface area contributed by atoms with Gasteiger partial charge in [-0.2, -0.15) is 26.3 Å². The summed E-state index contributed by atoms with van der Waals surface area (Å²) in [6, 6.07) is 5.54. The van der Waals surface area contributed by atoms with Gasteiger partial charge in [-0.3, -0.25) is 9.59 Å². The summed E-state index contributed by atoms with van der Waals surface area (Å²) < 4.78 is 108. The molecule has 0 radical (unpaired) electrons. The molecule has 14 heteroatoms. The maximum absolute atomic E-state index is 13.4. The highest BCUT2D eigenvalue weighted by molar-refractivity contribution is 7.90. The summed E-state index contributed by atoms with van der Waals surface area (Å²) in [6.07, 6.45) is -10.7. The lowest BCUT2D eigenvalue weighted by Gasteiger charge is -2.36. The standard InChI is InChI=1S/C22H20F6N2O5S/c1-12(31)30-11-13-10-16(36(3,33)34)8-9-17(13)18(30)19(32)29-15-6-4-14(5-7-15)20(35-2,21(23,24)25)22(26,27)28/h4-10,18H,11H2,1-3H3,(H,29,32). The highest BCUT2D eigenvalue weighted by atomic mass is 32.2. The molecule has 0 fully saturated rings. The Balaban J connectivity index is 1.94. The van der Waals surface area contributed by atoms with Gasteiger partial charge >= 0.3 is 12.4 Å². The highest BCUT2D eigenvalue weighted by Crippen LogP contribution is 2.52. The van der Waals surface area contributed by atoms with Gasteiger partial charge in [0, 0.05) is 38.1 Å². The number of amides is 2. The number of hydrogen-bond acceptors (Lipinski definition) is 5. The number of rotatable bonds is 5. The first kappa shape index (κ1) is 27.5. The number of sulfone groups is 1. The molecule has 1 aliphatic heterocycles. The minimum Gasteiger partial charge on any atom is -0.357 e. The third-order valence-electron chi connectivity index (χ3n) is 5.81. The quantitative estimate of drug-likeness (QED) is 0.579. The molecule has 1 heterocycles. The molecule has 0 bridgehead atoms. The number of fused-ring (bicyclic) bond motifs is 1. The van der Waals surface area contributed by atoms with Crippen LogP contribution in [0.4, 0.5) is 32.0 Å². The third-order valence-corrected chi connectivity index (χ3v) is 6.92. The first-order valence-electron chi connectivity index (χ1n) is 10.1. The summed E-state index contributed by atoms with van der Waals surface area (Å²) in [5.74, 6) is -1.31.